The third-order valence-corrected chi connectivity index (χ3v) is 14.2. The van der Waals surface area contributed by atoms with Gasteiger partial charge in [-0.05, 0) is 107 Å². The summed E-state index contributed by atoms with van der Waals surface area (Å²) >= 11 is 0. The molecule has 0 aliphatic carbocycles. The van der Waals surface area contributed by atoms with Gasteiger partial charge in [0, 0.05) is 58.5 Å². The first-order chi connectivity index (χ1) is 31.1. The molecule has 15 unspecified atom stereocenters. The van der Waals surface area contributed by atoms with Crippen LogP contribution in [0.25, 0.3) is 0 Å². The minimum atomic E-state index is -2.43. The molecule has 2 bridgehead atoms. The van der Waals surface area contributed by atoms with Gasteiger partial charge in [0.2, 0.25) is 5.79 Å². The van der Waals surface area contributed by atoms with Gasteiger partial charge in [-0.15, -0.1) is 0 Å². The Kier molecular flexibility index (Phi) is 23.3. The van der Waals surface area contributed by atoms with E-state index in [0.29, 0.717) is 63.4 Å². The number of cyclic esters (lactones) is 1. The molecule has 66 heavy (non-hydrogen) atoms. The number of hydrogen-bond donors (Lipinski definition) is 3. The number of Topliss-reactive ketones (excluding diaryl/α,β-unsaturated/α-hetero) is 3. The van der Waals surface area contributed by atoms with Crippen molar-refractivity contribution in [1.82, 2.24) is 4.90 Å². The van der Waals surface area contributed by atoms with Crippen LogP contribution >= 0.6 is 0 Å². The van der Waals surface area contributed by atoms with Crippen LogP contribution in [0, 0.1) is 35.5 Å². The fourth-order valence-electron chi connectivity index (χ4n) is 9.53. The molecule has 14 nitrogen and oxygen atoms in total. The maximum Gasteiger partial charge on any atom is 0.329 e. The zero-order valence-corrected chi connectivity index (χ0v) is 41.9. The Bertz CT molecular complexity index is 1740. The van der Waals surface area contributed by atoms with E-state index >= 15 is 0 Å². The standard InChI is InChI=1S/C52H83NO13/c1-31-18-14-13-15-19-33(3)44(63-11)29-40-23-22-38(8)52(61,66-40)49(58)50(59)53-25-17-16-20-41(53)51(60)65-45(35(5)26-32(2)21-24-42(54)39(9)62-10)30-43(55)34(4)28-37(7)47(57)48(64-12)46(56)36(6)27-31/h13-15,18-19,28,31-32,34-36,38-42,44-45,47-48,54,57,61H,16-17,20-27,29-30H2,1-12H3/b15-13+,18-14+,33-19+,37-28+. The van der Waals surface area contributed by atoms with E-state index in [1.165, 1.54) is 12.0 Å². The highest BCUT2D eigenvalue weighted by Gasteiger charge is 2.53. The van der Waals surface area contributed by atoms with Gasteiger partial charge >= 0.3 is 5.97 Å². The predicted octanol–water partition coefficient (Wildman–Crippen LogP) is 6.82. The summed E-state index contributed by atoms with van der Waals surface area (Å²) in [5, 5.41) is 33.9. The summed E-state index contributed by atoms with van der Waals surface area (Å²) in [4.78, 5) is 71.7. The van der Waals surface area contributed by atoms with Crippen molar-refractivity contribution in [2.24, 2.45) is 35.5 Å². The van der Waals surface area contributed by atoms with E-state index < -0.39 is 83.9 Å². The summed E-state index contributed by atoms with van der Waals surface area (Å²) in [6.07, 6.45) is 10.3. The maximum absolute atomic E-state index is 14.3. The number of nitrogens with zero attached hydrogens (tertiary/aromatic N) is 1. The van der Waals surface area contributed by atoms with Crippen LogP contribution in [0.5, 0.6) is 0 Å². The molecule has 374 valence electrons. The lowest BCUT2D eigenvalue weighted by Crippen LogP contribution is -2.61. The Labute approximate surface area is 394 Å². The van der Waals surface area contributed by atoms with E-state index in [-0.39, 0.29) is 54.8 Å². The van der Waals surface area contributed by atoms with Crippen molar-refractivity contribution in [3.8, 4) is 0 Å². The highest BCUT2D eigenvalue weighted by Crippen LogP contribution is 2.37. The molecule has 3 N–H and O–H groups in total. The smallest absolute Gasteiger partial charge is 0.329 e. The first kappa shape index (κ1) is 57.0. The highest BCUT2D eigenvalue weighted by atomic mass is 16.6. The van der Waals surface area contributed by atoms with Crippen molar-refractivity contribution in [2.75, 3.05) is 27.9 Å². The Morgan fingerprint density at radius 3 is 2.23 bits per heavy atom. The fourth-order valence-corrected chi connectivity index (χ4v) is 9.53. The average Bonchev–Trinajstić information content (AvgIpc) is 3.29. The van der Waals surface area contributed by atoms with Crippen LogP contribution in [0.1, 0.15) is 133 Å². The molecule has 0 aromatic rings. The molecule has 14 heteroatoms. The number of esters is 1. The number of ketones is 3. The molecule has 1 amide bonds. The number of aliphatic hydroxyl groups excluding tert-OH is 2. The van der Waals surface area contributed by atoms with Crippen LogP contribution < -0.4 is 0 Å². The number of fused-ring (bicyclic) bond motifs is 3. The van der Waals surface area contributed by atoms with Gasteiger partial charge < -0.3 is 43.9 Å². The number of allylic oxidation sites excluding steroid dienone is 6. The highest BCUT2D eigenvalue weighted by molar-refractivity contribution is 6.39. The minimum absolute atomic E-state index is 0.0173. The molecular weight excluding hydrogens is 847 g/mol. The largest absolute Gasteiger partial charge is 0.460 e. The van der Waals surface area contributed by atoms with Gasteiger partial charge in [0.05, 0.1) is 24.4 Å². The normalized spacial score (nSPS) is 36.7. The molecule has 3 heterocycles. The van der Waals surface area contributed by atoms with Crippen molar-refractivity contribution in [1.29, 1.82) is 0 Å². The van der Waals surface area contributed by atoms with Gasteiger partial charge in [0.15, 0.2) is 5.78 Å². The summed E-state index contributed by atoms with van der Waals surface area (Å²) in [6.45, 7) is 16.5. The number of aliphatic hydroxyl groups is 3. The van der Waals surface area contributed by atoms with Gasteiger partial charge in [0.25, 0.3) is 11.7 Å². The molecule has 0 aromatic carbocycles. The van der Waals surface area contributed by atoms with Crippen molar-refractivity contribution >= 4 is 29.2 Å². The Balaban J connectivity index is 2.04. The van der Waals surface area contributed by atoms with Crippen LogP contribution in [0.3, 0.4) is 0 Å². The lowest BCUT2D eigenvalue weighted by atomic mass is 9.85. The van der Waals surface area contributed by atoms with Gasteiger partial charge in [-0.3, -0.25) is 19.2 Å². The van der Waals surface area contributed by atoms with Gasteiger partial charge in [-0.2, -0.15) is 0 Å². The van der Waals surface area contributed by atoms with E-state index in [1.54, 1.807) is 48.0 Å². The van der Waals surface area contributed by atoms with Crippen molar-refractivity contribution in [3.05, 3.63) is 47.6 Å². The van der Waals surface area contributed by atoms with Crippen molar-refractivity contribution < 1.29 is 63.0 Å². The van der Waals surface area contributed by atoms with Crippen LogP contribution in [-0.4, -0.2) is 132 Å². The molecule has 2 saturated heterocycles. The van der Waals surface area contributed by atoms with E-state index in [0.717, 1.165) is 5.57 Å². The Morgan fingerprint density at radius 2 is 1.58 bits per heavy atom. The number of carbonyl (C=O) groups excluding carboxylic acids is 5. The molecule has 2 fully saturated rings. The number of ether oxygens (including phenoxy) is 5. The number of methoxy groups -OCH3 is 3. The number of carbonyl (C=O) groups is 5. The maximum atomic E-state index is 14.3. The van der Waals surface area contributed by atoms with Gasteiger partial charge in [0.1, 0.15) is 30.1 Å². The number of hydrogen-bond acceptors (Lipinski definition) is 13. The quantitative estimate of drug-likeness (QED) is 0.118. The molecule has 3 rings (SSSR count). The van der Waals surface area contributed by atoms with Crippen LogP contribution in [0.2, 0.25) is 0 Å². The molecule has 0 aromatic heterocycles. The van der Waals surface area contributed by atoms with E-state index in [1.807, 2.05) is 65.0 Å². The van der Waals surface area contributed by atoms with Crippen LogP contribution in [-0.2, 0) is 47.7 Å². The number of rotatable bonds is 10. The third-order valence-electron chi connectivity index (χ3n) is 14.2. The first-order valence-electron chi connectivity index (χ1n) is 24.3. The molecule has 3 aliphatic heterocycles. The van der Waals surface area contributed by atoms with E-state index in [2.05, 4.69) is 0 Å². The first-order valence-corrected chi connectivity index (χ1v) is 24.3. The zero-order chi connectivity index (χ0) is 49.5. The molecule has 0 spiro atoms. The molecule has 3 aliphatic rings. The summed E-state index contributed by atoms with van der Waals surface area (Å²) in [5.74, 6) is -8.06. The SMILES string of the molecule is COC1CC2CCC(C)C(O)(O2)C(=O)C(=O)N2CCCCC2C(=O)OC(C(C)CC(C)CCC(O)C(C)OC)CC(=O)C(C)/C=C(\C)C(O)C(OC)C(=O)C(C)CC(C)/C=C/C=C/C=C/1C. The van der Waals surface area contributed by atoms with Crippen molar-refractivity contribution in [3.63, 3.8) is 0 Å². The lowest BCUT2D eigenvalue weighted by Gasteiger charge is -2.42. The summed E-state index contributed by atoms with van der Waals surface area (Å²) < 4.78 is 29.1. The topological polar surface area (TPSA) is 195 Å². The number of amides is 1. The second-order valence-corrected chi connectivity index (χ2v) is 19.8. The number of piperidine rings is 1. The van der Waals surface area contributed by atoms with Gasteiger partial charge in [-0.1, -0.05) is 78.0 Å². The van der Waals surface area contributed by atoms with Crippen LogP contribution in [0.4, 0.5) is 0 Å². The van der Waals surface area contributed by atoms with Crippen molar-refractivity contribution in [2.45, 2.75) is 187 Å². The summed E-state index contributed by atoms with van der Waals surface area (Å²) in [7, 11) is 4.49. The Hall–Kier alpha value is -3.37. The van der Waals surface area contributed by atoms with E-state index in [4.69, 9.17) is 23.7 Å². The van der Waals surface area contributed by atoms with E-state index in [9.17, 15) is 39.3 Å². The third kappa shape index (κ3) is 15.8. The predicted molar refractivity (Wildman–Crippen MR) is 252 cm³/mol. The fraction of sp³-hybridized carbons (Fsp3) is 0.750. The van der Waals surface area contributed by atoms with Gasteiger partial charge in [-0.25, -0.2) is 4.79 Å². The molecule has 0 saturated carbocycles. The molecule has 15 atom stereocenters. The zero-order valence-electron chi connectivity index (χ0n) is 41.9. The second-order valence-electron chi connectivity index (χ2n) is 19.8. The summed E-state index contributed by atoms with van der Waals surface area (Å²) in [6, 6.07) is -1.14. The lowest BCUT2D eigenvalue weighted by molar-refractivity contribution is -0.265. The Morgan fingerprint density at radius 1 is 0.879 bits per heavy atom. The summed E-state index contributed by atoms with van der Waals surface area (Å²) in [5.41, 5.74) is 1.26. The monoisotopic (exact) mass is 930 g/mol. The minimum Gasteiger partial charge on any atom is -0.460 e. The van der Waals surface area contributed by atoms with Crippen LogP contribution in [0.15, 0.2) is 47.6 Å². The molecular formula is C52H83NO13. The average molecular weight is 930 g/mol. The molecule has 0 radical (unpaired) electrons. The second kappa shape index (κ2) is 27.0.